The van der Waals surface area contributed by atoms with Crippen LogP contribution < -0.4 is 5.32 Å². The highest BCUT2D eigenvalue weighted by Crippen LogP contribution is 2.21. The van der Waals surface area contributed by atoms with E-state index in [1.54, 1.807) is 11.4 Å². The third-order valence-corrected chi connectivity index (χ3v) is 7.94. The minimum Gasteiger partial charge on any atom is -0.378 e. The predicted molar refractivity (Wildman–Crippen MR) is 124 cm³/mol. The van der Waals surface area contributed by atoms with Crippen molar-refractivity contribution >= 4 is 16.0 Å². The Kier molecular flexibility index (Phi) is 10.8. The number of rotatable bonds is 10. The molecule has 1 N–H and O–H groups in total. The highest BCUT2D eigenvalue weighted by atomic mass is 32.2. The van der Waals surface area contributed by atoms with E-state index in [1.165, 1.54) is 32.1 Å². The van der Waals surface area contributed by atoms with Crippen molar-refractivity contribution in [2.75, 3.05) is 65.7 Å². The first-order valence-corrected chi connectivity index (χ1v) is 13.2. The third-order valence-electron chi connectivity index (χ3n) is 6.10. The molecule has 0 aromatic carbocycles. The summed E-state index contributed by atoms with van der Waals surface area (Å²) in [5.74, 6) is 0.919. The first-order valence-electron chi connectivity index (χ1n) is 11.6. The summed E-state index contributed by atoms with van der Waals surface area (Å²) >= 11 is 0. The summed E-state index contributed by atoms with van der Waals surface area (Å²) in [7, 11) is 0.781. The molecule has 0 spiro atoms. The molecule has 0 atom stereocenters. The Bertz CT molecular complexity index is 612. The molecule has 2 rings (SSSR count). The first-order chi connectivity index (χ1) is 14.3. The van der Waals surface area contributed by atoms with Gasteiger partial charge in [-0.05, 0) is 46.7 Å². The van der Waals surface area contributed by atoms with Crippen LogP contribution in [0.3, 0.4) is 0 Å². The zero-order chi connectivity index (χ0) is 22.0. The van der Waals surface area contributed by atoms with Crippen molar-refractivity contribution < 1.29 is 13.2 Å². The summed E-state index contributed by atoms with van der Waals surface area (Å²) < 4.78 is 32.0. The second kappa shape index (κ2) is 12.8. The number of sulfonamides is 1. The maximum atomic E-state index is 12.5. The lowest BCUT2D eigenvalue weighted by Crippen LogP contribution is -2.54. The quantitative estimate of drug-likeness (QED) is 0.313. The molecule has 2 aliphatic rings. The van der Waals surface area contributed by atoms with E-state index >= 15 is 0 Å². The van der Waals surface area contributed by atoms with E-state index in [2.05, 4.69) is 27.2 Å². The van der Waals surface area contributed by atoms with Crippen LogP contribution in [0.2, 0.25) is 0 Å². The zero-order valence-corrected chi connectivity index (χ0v) is 20.3. The molecule has 1 aliphatic carbocycles. The number of nitrogens with zero attached hydrogens (tertiary/aromatic N) is 4. The number of piperazine rings is 1. The summed E-state index contributed by atoms with van der Waals surface area (Å²) in [5.41, 5.74) is 0. The molecule has 2 fully saturated rings. The fourth-order valence-corrected chi connectivity index (χ4v) is 5.55. The van der Waals surface area contributed by atoms with Crippen molar-refractivity contribution in [3.05, 3.63) is 0 Å². The van der Waals surface area contributed by atoms with E-state index < -0.39 is 10.0 Å². The Morgan fingerprint density at radius 2 is 1.83 bits per heavy atom. The zero-order valence-electron chi connectivity index (χ0n) is 19.5. The van der Waals surface area contributed by atoms with Gasteiger partial charge in [-0.25, -0.2) is 8.42 Å². The molecule has 8 nitrogen and oxygen atoms in total. The average Bonchev–Trinajstić information content (AvgIpc) is 2.74. The van der Waals surface area contributed by atoms with Gasteiger partial charge in [-0.2, -0.15) is 4.31 Å². The molecule has 30 heavy (non-hydrogen) atoms. The fraction of sp³-hybridized carbons (Fsp3) is 0.952. The molecule has 0 bridgehead atoms. The Hall–Kier alpha value is -0.900. The Morgan fingerprint density at radius 3 is 2.43 bits per heavy atom. The van der Waals surface area contributed by atoms with Crippen LogP contribution in [0.1, 0.15) is 52.4 Å². The third kappa shape index (κ3) is 8.32. The highest BCUT2D eigenvalue weighted by molar-refractivity contribution is 7.89. The second-order valence-corrected chi connectivity index (χ2v) is 10.8. The van der Waals surface area contributed by atoms with Gasteiger partial charge in [0.15, 0.2) is 5.96 Å². The van der Waals surface area contributed by atoms with Crippen LogP contribution in [0.15, 0.2) is 4.99 Å². The summed E-state index contributed by atoms with van der Waals surface area (Å²) in [4.78, 5) is 9.07. The molecule has 176 valence electrons. The Morgan fingerprint density at radius 1 is 1.17 bits per heavy atom. The van der Waals surface area contributed by atoms with Crippen LogP contribution in [-0.2, 0) is 14.8 Å². The van der Waals surface area contributed by atoms with Gasteiger partial charge in [0.2, 0.25) is 10.0 Å². The summed E-state index contributed by atoms with van der Waals surface area (Å²) in [6.07, 6.45) is 7.93. The van der Waals surface area contributed by atoms with Gasteiger partial charge in [-0.3, -0.25) is 4.99 Å². The van der Waals surface area contributed by atoms with E-state index in [4.69, 9.17) is 4.74 Å². The molecule has 1 saturated heterocycles. The van der Waals surface area contributed by atoms with Gasteiger partial charge in [0, 0.05) is 45.8 Å². The molecule has 1 aliphatic heterocycles. The largest absolute Gasteiger partial charge is 0.378 e. The maximum Gasteiger partial charge on any atom is 0.216 e. The van der Waals surface area contributed by atoms with Gasteiger partial charge in [-0.15, -0.1) is 0 Å². The smallest absolute Gasteiger partial charge is 0.216 e. The van der Waals surface area contributed by atoms with Gasteiger partial charge >= 0.3 is 0 Å². The van der Waals surface area contributed by atoms with E-state index in [0.29, 0.717) is 26.2 Å². The monoisotopic (exact) mass is 445 g/mol. The van der Waals surface area contributed by atoms with E-state index in [9.17, 15) is 8.42 Å². The lowest BCUT2D eigenvalue weighted by molar-refractivity contribution is 0.0904. The van der Waals surface area contributed by atoms with Crippen LogP contribution in [0, 0.1) is 0 Å². The Balaban J connectivity index is 1.68. The molecule has 0 aromatic heterocycles. The standard InChI is InChI=1S/C21H43N5O3S/c1-19(2)29-17-18-30(27,28)26-15-13-25(14-16-26)21(22-3)23-11-8-12-24(4)20-9-6-5-7-10-20/h19-20H,5-18H2,1-4H3,(H,22,23). The number of hydrogen-bond donors (Lipinski definition) is 1. The van der Waals surface area contributed by atoms with Crippen molar-refractivity contribution in [3.8, 4) is 0 Å². The number of aliphatic imine (C=N–C) groups is 1. The van der Waals surface area contributed by atoms with Gasteiger partial charge in [0.05, 0.1) is 18.5 Å². The van der Waals surface area contributed by atoms with E-state index in [-0.39, 0.29) is 18.5 Å². The van der Waals surface area contributed by atoms with Crippen molar-refractivity contribution in [2.24, 2.45) is 4.99 Å². The molecular weight excluding hydrogens is 402 g/mol. The molecule has 1 heterocycles. The van der Waals surface area contributed by atoms with Gasteiger partial charge in [0.25, 0.3) is 0 Å². The van der Waals surface area contributed by atoms with Crippen LogP contribution in [-0.4, -0.2) is 106 Å². The van der Waals surface area contributed by atoms with Gasteiger partial charge in [-0.1, -0.05) is 19.3 Å². The fourth-order valence-electron chi connectivity index (χ4n) is 4.26. The van der Waals surface area contributed by atoms with Gasteiger partial charge in [0.1, 0.15) is 0 Å². The number of hydrogen-bond acceptors (Lipinski definition) is 5. The number of nitrogens with one attached hydrogen (secondary N) is 1. The van der Waals surface area contributed by atoms with Crippen LogP contribution in [0.4, 0.5) is 0 Å². The summed E-state index contributed by atoms with van der Waals surface area (Å²) in [6.45, 7) is 8.37. The Labute approximate surface area is 184 Å². The van der Waals surface area contributed by atoms with Crippen LogP contribution >= 0.6 is 0 Å². The molecule has 0 unspecified atom stereocenters. The van der Waals surface area contributed by atoms with Crippen molar-refractivity contribution in [2.45, 2.75) is 64.5 Å². The minimum absolute atomic E-state index is 0.0483. The topological polar surface area (TPSA) is 77.5 Å². The lowest BCUT2D eigenvalue weighted by atomic mass is 9.94. The molecule has 9 heteroatoms. The SMILES string of the molecule is CN=C(NCCCN(C)C1CCCCC1)N1CCN(S(=O)(=O)CCOC(C)C)CC1. The van der Waals surface area contributed by atoms with Gasteiger partial charge < -0.3 is 19.9 Å². The molecule has 0 amide bonds. The number of ether oxygens (including phenoxy) is 1. The molecule has 0 radical (unpaired) electrons. The van der Waals surface area contributed by atoms with Crippen LogP contribution in [0.25, 0.3) is 0 Å². The summed E-state index contributed by atoms with van der Waals surface area (Å²) in [5, 5.41) is 3.46. The molecular formula is C21H43N5O3S. The highest BCUT2D eigenvalue weighted by Gasteiger charge is 2.28. The lowest BCUT2D eigenvalue weighted by Gasteiger charge is -2.36. The first kappa shape index (κ1) is 25.4. The van der Waals surface area contributed by atoms with E-state index in [0.717, 1.165) is 31.5 Å². The predicted octanol–water partition coefficient (Wildman–Crippen LogP) is 1.59. The second-order valence-electron chi connectivity index (χ2n) is 8.72. The van der Waals surface area contributed by atoms with E-state index in [1.807, 2.05) is 13.8 Å². The average molecular weight is 446 g/mol. The van der Waals surface area contributed by atoms with Crippen molar-refractivity contribution in [1.82, 2.24) is 19.4 Å². The normalized spacial score (nSPS) is 20.3. The van der Waals surface area contributed by atoms with Crippen molar-refractivity contribution in [1.29, 1.82) is 0 Å². The molecule has 1 saturated carbocycles. The van der Waals surface area contributed by atoms with Crippen molar-refractivity contribution in [3.63, 3.8) is 0 Å². The van der Waals surface area contributed by atoms with Crippen LogP contribution in [0.5, 0.6) is 0 Å². The maximum absolute atomic E-state index is 12.5. The number of guanidine groups is 1. The molecule has 0 aromatic rings. The summed E-state index contributed by atoms with van der Waals surface area (Å²) in [6, 6.07) is 0.749. The minimum atomic E-state index is -3.26.